The third-order valence-electron chi connectivity index (χ3n) is 6.10. The summed E-state index contributed by atoms with van der Waals surface area (Å²) in [5.74, 6) is -0.0602. The number of thiophene rings is 1. The minimum absolute atomic E-state index is 0. The molecule has 1 aromatic heterocycles. The van der Waals surface area contributed by atoms with E-state index in [-0.39, 0.29) is 44.5 Å². The summed E-state index contributed by atoms with van der Waals surface area (Å²) in [6.45, 7) is 0. The Bertz CT molecular complexity index is 903. The van der Waals surface area contributed by atoms with E-state index in [9.17, 15) is 9.50 Å². The monoisotopic (exact) mass is 504 g/mol. The second kappa shape index (κ2) is 10.8. The Labute approximate surface area is 206 Å². The first-order valence-electron chi connectivity index (χ1n) is 10.0. The van der Waals surface area contributed by atoms with Crippen molar-refractivity contribution in [3.05, 3.63) is 70.4 Å². The summed E-state index contributed by atoms with van der Waals surface area (Å²) < 4.78 is 14.5. The van der Waals surface area contributed by atoms with Gasteiger partial charge in [0.05, 0.1) is 11.5 Å². The van der Waals surface area contributed by atoms with Gasteiger partial charge in [-0.05, 0) is 47.4 Å². The maximum Gasteiger partial charge on any atom is 0.143 e. The van der Waals surface area contributed by atoms with Crippen LogP contribution in [0.25, 0.3) is 10.8 Å². The summed E-state index contributed by atoms with van der Waals surface area (Å²) in [7, 11) is 0. The first-order valence-corrected chi connectivity index (χ1v) is 11.3. The molecular formula is C24H25ClFOSY-. The largest absolute Gasteiger partial charge is 0.390 e. The molecule has 0 amide bonds. The van der Waals surface area contributed by atoms with Crippen molar-refractivity contribution in [3.8, 4) is 0 Å². The fourth-order valence-electron chi connectivity index (χ4n) is 4.55. The molecule has 1 heterocycles. The quantitative estimate of drug-likeness (QED) is 0.300. The molecule has 5 heteroatoms. The summed E-state index contributed by atoms with van der Waals surface area (Å²) in [5.41, 5.74) is 1.24. The van der Waals surface area contributed by atoms with Crippen LogP contribution in [0.5, 0.6) is 0 Å². The van der Waals surface area contributed by atoms with Gasteiger partial charge in [0.2, 0.25) is 0 Å². The standard InChI is InChI=1S/C24H25ClFOS.Y/c25-22-20(13-11-16-10-12-17-5-1-2-6-18(17)15-16)21(24(27)23(22)26)9-3-7-19-8-4-14-28-19;/h1-2,4-6,8,10,12,15,20-24,27H,3,7,9,11,13H2;/q-1;/t20-,21-,22?,23?,24?;/m1./s1. The molecule has 29 heavy (non-hydrogen) atoms. The van der Waals surface area contributed by atoms with Crippen molar-refractivity contribution in [3.63, 3.8) is 0 Å². The van der Waals surface area contributed by atoms with Gasteiger partial charge < -0.3 is 16.4 Å². The van der Waals surface area contributed by atoms with Crippen molar-refractivity contribution in [1.82, 2.24) is 0 Å². The zero-order valence-corrected chi connectivity index (χ0v) is 20.7. The second-order valence-corrected chi connectivity index (χ2v) is 9.31. The fraction of sp³-hybridized carbons (Fsp3) is 0.417. The van der Waals surface area contributed by atoms with Crippen LogP contribution in [0.2, 0.25) is 0 Å². The van der Waals surface area contributed by atoms with Crippen molar-refractivity contribution < 1.29 is 42.2 Å². The first-order chi connectivity index (χ1) is 13.6. The van der Waals surface area contributed by atoms with Gasteiger partial charge in [0.1, 0.15) is 6.17 Å². The Balaban J connectivity index is 0.00000240. The Morgan fingerprint density at radius 3 is 2.55 bits per heavy atom. The van der Waals surface area contributed by atoms with Crippen LogP contribution in [0.3, 0.4) is 0 Å². The van der Waals surface area contributed by atoms with Crippen LogP contribution in [0, 0.1) is 17.2 Å². The molecule has 3 aromatic rings. The van der Waals surface area contributed by atoms with Gasteiger partial charge in [-0.25, -0.2) is 10.5 Å². The van der Waals surface area contributed by atoms with Gasteiger partial charge in [0, 0.05) is 32.7 Å². The van der Waals surface area contributed by atoms with Crippen LogP contribution in [0.4, 0.5) is 4.39 Å². The van der Waals surface area contributed by atoms with Crippen LogP contribution in [0.15, 0.2) is 54.6 Å². The van der Waals surface area contributed by atoms with E-state index in [0.29, 0.717) is 0 Å². The van der Waals surface area contributed by atoms with E-state index in [0.717, 1.165) is 32.1 Å². The Morgan fingerprint density at radius 2 is 1.79 bits per heavy atom. The van der Waals surface area contributed by atoms with Crippen molar-refractivity contribution >= 4 is 33.7 Å². The number of fused-ring (bicyclic) bond motifs is 1. The van der Waals surface area contributed by atoms with Crippen LogP contribution in [-0.2, 0) is 45.6 Å². The van der Waals surface area contributed by atoms with Crippen molar-refractivity contribution in [2.45, 2.75) is 49.8 Å². The number of hydrogen-bond donors (Lipinski definition) is 1. The molecule has 4 rings (SSSR count). The zero-order valence-electron chi connectivity index (χ0n) is 16.3. The van der Waals surface area contributed by atoms with Crippen molar-refractivity contribution in [2.75, 3.05) is 0 Å². The summed E-state index contributed by atoms with van der Waals surface area (Å²) in [6, 6.07) is 18.8. The Morgan fingerprint density at radius 1 is 1.00 bits per heavy atom. The summed E-state index contributed by atoms with van der Waals surface area (Å²) in [4.78, 5) is 1.29. The Kier molecular flexibility index (Phi) is 8.71. The molecule has 1 radical (unpaired) electrons. The van der Waals surface area contributed by atoms with Gasteiger partial charge in [-0.1, -0.05) is 55.3 Å². The van der Waals surface area contributed by atoms with Crippen LogP contribution in [0.1, 0.15) is 29.7 Å². The van der Waals surface area contributed by atoms with E-state index in [1.165, 1.54) is 21.2 Å². The summed E-state index contributed by atoms with van der Waals surface area (Å²) >= 11 is 8.05. The topological polar surface area (TPSA) is 20.2 Å². The number of aliphatic hydroxyl groups is 1. The van der Waals surface area contributed by atoms with Gasteiger partial charge in [-0.15, -0.1) is 21.9 Å². The van der Waals surface area contributed by atoms with Gasteiger partial charge in [-0.3, -0.25) is 0 Å². The van der Waals surface area contributed by atoms with Crippen molar-refractivity contribution in [1.29, 1.82) is 0 Å². The van der Waals surface area contributed by atoms with Gasteiger partial charge in [0.15, 0.2) is 0 Å². The number of alkyl halides is 2. The molecule has 5 atom stereocenters. The summed E-state index contributed by atoms with van der Waals surface area (Å²) in [5, 5.41) is 15.4. The molecule has 1 N–H and O–H groups in total. The number of aryl methyl sites for hydroxylation is 2. The number of benzene rings is 2. The maximum atomic E-state index is 14.5. The molecule has 151 valence electrons. The molecule has 0 bridgehead atoms. The van der Waals surface area contributed by atoms with Crippen LogP contribution in [-0.4, -0.2) is 22.8 Å². The minimum atomic E-state index is -1.33. The predicted molar refractivity (Wildman–Crippen MR) is 116 cm³/mol. The fourth-order valence-corrected chi connectivity index (χ4v) is 5.68. The van der Waals surface area contributed by atoms with E-state index in [2.05, 4.69) is 41.8 Å². The van der Waals surface area contributed by atoms with Gasteiger partial charge in [-0.2, -0.15) is 6.07 Å². The SMILES string of the molecule is OC1C(F)C(Cl)[C@H](CCc2ccc3ccccc3c2)[C@H]1CCCc1cc[c-]s1.[Y]. The molecule has 1 nitrogen and oxygen atoms in total. The van der Waals surface area contributed by atoms with Crippen molar-refractivity contribution in [2.24, 2.45) is 11.8 Å². The molecule has 1 aliphatic carbocycles. The third kappa shape index (κ3) is 5.49. The van der Waals surface area contributed by atoms with E-state index < -0.39 is 17.7 Å². The molecule has 0 spiro atoms. The number of halogens is 2. The molecule has 0 aliphatic heterocycles. The summed E-state index contributed by atoms with van der Waals surface area (Å²) in [6.07, 6.45) is 2.10. The molecule has 0 saturated heterocycles. The molecule has 1 saturated carbocycles. The van der Waals surface area contributed by atoms with Gasteiger partial charge in [0.25, 0.3) is 0 Å². The van der Waals surface area contributed by atoms with Crippen LogP contribution < -0.4 is 0 Å². The Hall–Kier alpha value is -0.316. The van der Waals surface area contributed by atoms with E-state index >= 15 is 0 Å². The first kappa shape index (κ1) is 23.3. The smallest absolute Gasteiger partial charge is 0.143 e. The molecular weight excluding hydrogens is 480 g/mol. The zero-order chi connectivity index (χ0) is 19.5. The molecule has 2 aromatic carbocycles. The number of aliphatic hydroxyl groups excluding tert-OH is 1. The average molecular weight is 505 g/mol. The van der Waals surface area contributed by atoms with Gasteiger partial charge >= 0.3 is 0 Å². The predicted octanol–water partition coefficient (Wildman–Crippen LogP) is 6.21. The number of hydrogen-bond acceptors (Lipinski definition) is 2. The second-order valence-electron chi connectivity index (χ2n) is 7.84. The average Bonchev–Trinajstić information content (AvgIpc) is 3.30. The van der Waals surface area contributed by atoms with E-state index in [1.807, 2.05) is 18.2 Å². The molecule has 1 aliphatic rings. The van der Waals surface area contributed by atoms with E-state index in [4.69, 9.17) is 11.6 Å². The third-order valence-corrected chi connectivity index (χ3v) is 7.52. The maximum absolute atomic E-state index is 14.5. The normalized spacial score (nSPS) is 26.5. The van der Waals surface area contributed by atoms with Crippen LogP contribution >= 0.6 is 22.9 Å². The molecule has 3 unspecified atom stereocenters. The minimum Gasteiger partial charge on any atom is -0.390 e. The van der Waals surface area contributed by atoms with E-state index in [1.54, 1.807) is 11.3 Å². The number of rotatable bonds is 7. The molecule has 1 fully saturated rings.